The standard InChI is InChI=1S/C20H32N4O2.HI/c1-5-21-20(24-13-11-17(12-14-24)19(25)26-4)22-15-18(23(2)3)16-9-7-6-8-10-16;/h6-10,17-18H,5,11-15H2,1-4H3,(H,21,22);1H. The molecule has 27 heavy (non-hydrogen) atoms. The van der Waals surface area contributed by atoms with Crippen LogP contribution in [0.5, 0.6) is 0 Å². The largest absolute Gasteiger partial charge is 0.469 e. The van der Waals surface area contributed by atoms with Crippen molar-refractivity contribution >= 4 is 35.9 Å². The summed E-state index contributed by atoms with van der Waals surface area (Å²) in [6.07, 6.45) is 1.62. The highest BCUT2D eigenvalue weighted by atomic mass is 127. The summed E-state index contributed by atoms with van der Waals surface area (Å²) in [4.78, 5) is 21.1. The van der Waals surface area contributed by atoms with E-state index in [1.807, 2.05) is 6.07 Å². The highest BCUT2D eigenvalue weighted by molar-refractivity contribution is 14.0. The van der Waals surface area contributed by atoms with Gasteiger partial charge in [0.1, 0.15) is 0 Å². The van der Waals surface area contributed by atoms with Gasteiger partial charge in [0.2, 0.25) is 0 Å². The summed E-state index contributed by atoms with van der Waals surface area (Å²) in [5.74, 6) is 0.847. The molecule has 1 heterocycles. The van der Waals surface area contributed by atoms with Crippen LogP contribution in [-0.2, 0) is 9.53 Å². The first kappa shape index (κ1) is 23.7. The zero-order valence-electron chi connectivity index (χ0n) is 16.9. The smallest absolute Gasteiger partial charge is 0.308 e. The van der Waals surface area contributed by atoms with Gasteiger partial charge >= 0.3 is 5.97 Å². The first-order valence-corrected chi connectivity index (χ1v) is 9.39. The highest BCUT2D eigenvalue weighted by Gasteiger charge is 2.27. The fraction of sp³-hybridized carbons (Fsp3) is 0.600. The number of carbonyl (C=O) groups excluding carboxylic acids is 1. The number of carbonyl (C=O) groups is 1. The summed E-state index contributed by atoms with van der Waals surface area (Å²) in [5, 5.41) is 3.40. The lowest BCUT2D eigenvalue weighted by Crippen LogP contribution is -2.47. The summed E-state index contributed by atoms with van der Waals surface area (Å²) in [5.41, 5.74) is 1.27. The van der Waals surface area contributed by atoms with Gasteiger partial charge in [-0.1, -0.05) is 30.3 Å². The van der Waals surface area contributed by atoms with E-state index in [1.165, 1.54) is 12.7 Å². The van der Waals surface area contributed by atoms with E-state index in [0.29, 0.717) is 6.54 Å². The second-order valence-corrected chi connectivity index (χ2v) is 6.87. The predicted octanol–water partition coefficient (Wildman–Crippen LogP) is 2.76. The molecule has 1 aliphatic rings. The maximum atomic E-state index is 11.7. The quantitative estimate of drug-likeness (QED) is 0.289. The molecule has 0 bridgehead atoms. The Kier molecular flexibility index (Phi) is 10.7. The number of ether oxygens (including phenoxy) is 1. The molecule has 152 valence electrons. The SMILES string of the molecule is CCNC(=NCC(c1ccccc1)N(C)C)N1CCC(C(=O)OC)CC1.I. The Bertz CT molecular complexity index is 587. The molecule has 1 saturated heterocycles. The number of halogens is 1. The summed E-state index contributed by atoms with van der Waals surface area (Å²) in [6.45, 7) is 5.24. The van der Waals surface area contributed by atoms with Gasteiger partial charge in [-0.3, -0.25) is 9.79 Å². The van der Waals surface area contributed by atoms with Crippen molar-refractivity contribution in [2.75, 3.05) is 47.4 Å². The highest BCUT2D eigenvalue weighted by Crippen LogP contribution is 2.20. The molecule has 1 aliphatic heterocycles. The van der Waals surface area contributed by atoms with Crippen molar-refractivity contribution in [3.8, 4) is 0 Å². The molecule has 0 amide bonds. The number of hydrogen-bond donors (Lipinski definition) is 1. The van der Waals surface area contributed by atoms with Crippen LogP contribution in [0.2, 0.25) is 0 Å². The van der Waals surface area contributed by atoms with Crippen LogP contribution in [0.3, 0.4) is 0 Å². The molecule has 7 heteroatoms. The van der Waals surface area contributed by atoms with E-state index in [9.17, 15) is 4.79 Å². The number of nitrogens with zero attached hydrogens (tertiary/aromatic N) is 3. The minimum Gasteiger partial charge on any atom is -0.469 e. The summed E-state index contributed by atoms with van der Waals surface area (Å²) in [6, 6.07) is 10.7. The van der Waals surface area contributed by atoms with E-state index in [2.05, 4.69) is 60.4 Å². The third-order valence-electron chi connectivity index (χ3n) is 4.89. The number of methoxy groups -OCH3 is 1. The second-order valence-electron chi connectivity index (χ2n) is 6.87. The number of guanidine groups is 1. The number of benzene rings is 1. The third-order valence-corrected chi connectivity index (χ3v) is 4.89. The molecular formula is C20H33IN4O2. The van der Waals surface area contributed by atoms with Crippen LogP contribution in [0.25, 0.3) is 0 Å². The second kappa shape index (κ2) is 12.2. The molecule has 0 saturated carbocycles. The molecule has 6 nitrogen and oxygen atoms in total. The van der Waals surface area contributed by atoms with Crippen LogP contribution < -0.4 is 5.32 Å². The van der Waals surface area contributed by atoms with Crippen molar-refractivity contribution in [3.63, 3.8) is 0 Å². The lowest BCUT2D eigenvalue weighted by Gasteiger charge is -2.33. The number of aliphatic imine (C=N–C) groups is 1. The van der Waals surface area contributed by atoms with Crippen LogP contribution in [0.15, 0.2) is 35.3 Å². The molecule has 2 rings (SSSR count). The maximum absolute atomic E-state index is 11.7. The maximum Gasteiger partial charge on any atom is 0.308 e. The zero-order valence-corrected chi connectivity index (χ0v) is 19.2. The van der Waals surface area contributed by atoms with Crippen LogP contribution in [0.1, 0.15) is 31.4 Å². The molecule has 0 radical (unpaired) electrons. The van der Waals surface area contributed by atoms with Crippen LogP contribution in [0, 0.1) is 5.92 Å². The number of nitrogens with one attached hydrogen (secondary N) is 1. The number of likely N-dealkylation sites (tertiary alicyclic amines) is 1. The van der Waals surface area contributed by atoms with Gasteiger partial charge in [-0.25, -0.2) is 0 Å². The van der Waals surface area contributed by atoms with E-state index in [4.69, 9.17) is 9.73 Å². The molecule has 0 spiro atoms. The van der Waals surface area contributed by atoms with Crippen LogP contribution >= 0.6 is 24.0 Å². The molecule has 1 fully saturated rings. The molecule has 0 aliphatic carbocycles. The van der Waals surface area contributed by atoms with E-state index in [0.717, 1.165) is 38.4 Å². The van der Waals surface area contributed by atoms with Gasteiger partial charge in [0, 0.05) is 19.6 Å². The molecule has 1 atom stereocenters. The number of likely N-dealkylation sites (N-methyl/N-ethyl adjacent to an activating group) is 1. The van der Waals surface area contributed by atoms with Crippen molar-refractivity contribution in [2.45, 2.75) is 25.8 Å². The van der Waals surface area contributed by atoms with Crippen molar-refractivity contribution in [1.29, 1.82) is 0 Å². The Hall–Kier alpha value is -1.35. The van der Waals surface area contributed by atoms with E-state index >= 15 is 0 Å². The average molecular weight is 488 g/mol. The first-order chi connectivity index (χ1) is 12.6. The number of esters is 1. The zero-order chi connectivity index (χ0) is 18.9. The summed E-state index contributed by atoms with van der Waals surface area (Å²) >= 11 is 0. The van der Waals surface area contributed by atoms with Crippen molar-refractivity contribution in [3.05, 3.63) is 35.9 Å². The molecular weight excluding hydrogens is 455 g/mol. The Morgan fingerprint density at radius 1 is 1.30 bits per heavy atom. The van der Waals surface area contributed by atoms with Crippen LogP contribution in [0.4, 0.5) is 0 Å². The number of piperidine rings is 1. The normalized spacial score (nSPS) is 16.6. The van der Waals surface area contributed by atoms with Crippen molar-refractivity contribution in [2.24, 2.45) is 10.9 Å². The van der Waals surface area contributed by atoms with E-state index in [-0.39, 0.29) is 41.9 Å². The molecule has 1 unspecified atom stereocenters. The summed E-state index contributed by atoms with van der Waals surface area (Å²) in [7, 11) is 5.63. The number of rotatable bonds is 6. The topological polar surface area (TPSA) is 57.2 Å². The molecule has 0 aromatic heterocycles. The molecule has 1 aromatic rings. The Morgan fingerprint density at radius 2 is 1.93 bits per heavy atom. The predicted molar refractivity (Wildman–Crippen MR) is 121 cm³/mol. The number of hydrogen-bond acceptors (Lipinski definition) is 4. The van der Waals surface area contributed by atoms with Gasteiger partial charge in [0.25, 0.3) is 0 Å². The first-order valence-electron chi connectivity index (χ1n) is 9.39. The van der Waals surface area contributed by atoms with Crippen molar-refractivity contribution in [1.82, 2.24) is 15.1 Å². The fourth-order valence-electron chi connectivity index (χ4n) is 3.33. The minimum absolute atomic E-state index is 0. The van der Waals surface area contributed by atoms with Gasteiger partial charge < -0.3 is 19.9 Å². The van der Waals surface area contributed by atoms with Crippen molar-refractivity contribution < 1.29 is 9.53 Å². The van der Waals surface area contributed by atoms with Gasteiger partial charge in [-0.2, -0.15) is 0 Å². The average Bonchev–Trinajstić information content (AvgIpc) is 2.67. The van der Waals surface area contributed by atoms with Gasteiger partial charge in [-0.15, -0.1) is 24.0 Å². The third kappa shape index (κ3) is 6.95. The monoisotopic (exact) mass is 488 g/mol. The Balaban J connectivity index is 0.00000364. The van der Waals surface area contributed by atoms with Gasteiger partial charge in [-0.05, 0) is 39.4 Å². The van der Waals surface area contributed by atoms with E-state index in [1.54, 1.807) is 0 Å². The van der Waals surface area contributed by atoms with Gasteiger partial charge in [0.15, 0.2) is 5.96 Å². The minimum atomic E-state index is -0.0941. The van der Waals surface area contributed by atoms with E-state index < -0.39 is 0 Å². The Labute approximate surface area is 180 Å². The Morgan fingerprint density at radius 3 is 2.44 bits per heavy atom. The molecule has 1 aromatic carbocycles. The lowest BCUT2D eigenvalue weighted by molar-refractivity contribution is -0.146. The lowest BCUT2D eigenvalue weighted by atomic mass is 9.97. The summed E-state index contributed by atoms with van der Waals surface area (Å²) < 4.78 is 4.88. The fourth-order valence-corrected chi connectivity index (χ4v) is 3.33. The molecule has 1 N–H and O–H groups in total. The van der Waals surface area contributed by atoms with Crippen LogP contribution in [-0.4, -0.2) is 69.1 Å². The van der Waals surface area contributed by atoms with Gasteiger partial charge in [0.05, 0.1) is 25.6 Å².